The standard InChI is InChI=1S/C17H18O2S/c1-11-10-16(19-3)12(2)9-15(11)17(18)13-5-7-14(20-4)8-6-13/h5-10H,1-4H3. The number of hydrogen-bond acceptors (Lipinski definition) is 3. The molecule has 0 saturated carbocycles. The van der Waals surface area contributed by atoms with Crippen molar-refractivity contribution in [2.45, 2.75) is 18.7 Å². The summed E-state index contributed by atoms with van der Waals surface area (Å²) in [6, 6.07) is 11.5. The lowest BCUT2D eigenvalue weighted by Crippen LogP contribution is -2.05. The molecule has 2 rings (SSSR count). The Morgan fingerprint density at radius 1 is 1.05 bits per heavy atom. The first-order valence-electron chi connectivity index (χ1n) is 6.40. The molecule has 0 fully saturated rings. The molecule has 0 N–H and O–H groups in total. The molecule has 0 bridgehead atoms. The summed E-state index contributed by atoms with van der Waals surface area (Å²) in [4.78, 5) is 13.7. The van der Waals surface area contributed by atoms with Crippen molar-refractivity contribution >= 4 is 17.5 Å². The van der Waals surface area contributed by atoms with Gasteiger partial charge in [0.1, 0.15) is 5.75 Å². The maximum absolute atomic E-state index is 12.6. The van der Waals surface area contributed by atoms with Crippen molar-refractivity contribution in [1.29, 1.82) is 0 Å². The third kappa shape index (κ3) is 2.88. The van der Waals surface area contributed by atoms with Crippen LogP contribution in [0.15, 0.2) is 41.3 Å². The molecular formula is C17H18O2S. The zero-order valence-electron chi connectivity index (χ0n) is 12.2. The van der Waals surface area contributed by atoms with Gasteiger partial charge in [-0.3, -0.25) is 4.79 Å². The van der Waals surface area contributed by atoms with Crippen LogP contribution in [0.1, 0.15) is 27.0 Å². The quantitative estimate of drug-likeness (QED) is 0.620. The fourth-order valence-corrected chi connectivity index (χ4v) is 2.56. The molecule has 0 atom stereocenters. The molecule has 2 nitrogen and oxygen atoms in total. The topological polar surface area (TPSA) is 26.3 Å². The van der Waals surface area contributed by atoms with Gasteiger partial charge in [0.15, 0.2) is 5.78 Å². The molecule has 2 aromatic rings. The number of ketones is 1. The lowest BCUT2D eigenvalue weighted by molar-refractivity contribution is 0.103. The lowest BCUT2D eigenvalue weighted by Gasteiger charge is -2.11. The van der Waals surface area contributed by atoms with E-state index in [1.807, 2.05) is 56.5 Å². The van der Waals surface area contributed by atoms with Crippen LogP contribution in [0.3, 0.4) is 0 Å². The summed E-state index contributed by atoms with van der Waals surface area (Å²) in [6.07, 6.45) is 2.02. The molecule has 0 spiro atoms. The number of hydrogen-bond donors (Lipinski definition) is 0. The molecule has 0 saturated heterocycles. The van der Waals surface area contributed by atoms with Gasteiger partial charge in [0.25, 0.3) is 0 Å². The first-order valence-corrected chi connectivity index (χ1v) is 7.63. The Balaban J connectivity index is 2.39. The zero-order valence-corrected chi connectivity index (χ0v) is 13.0. The monoisotopic (exact) mass is 286 g/mol. The number of methoxy groups -OCH3 is 1. The summed E-state index contributed by atoms with van der Waals surface area (Å²) in [5.74, 6) is 0.873. The minimum Gasteiger partial charge on any atom is -0.496 e. The minimum atomic E-state index is 0.0564. The Kier molecular flexibility index (Phi) is 4.50. The Hall–Kier alpha value is -1.74. The molecule has 2 aromatic carbocycles. The second kappa shape index (κ2) is 6.14. The molecule has 0 aliphatic heterocycles. The molecule has 3 heteroatoms. The Morgan fingerprint density at radius 3 is 2.25 bits per heavy atom. The van der Waals surface area contributed by atoms with Crippen LogP contribution in [0.4, 0.5) is 0 Å². The van der Waals surface area contributed by atoms with E-state index in [-0.39, 0.29) is 5.78 Å². The fourth-order valence-electron chi connectivity index (χ4n) is 2.15. The number of benzene rings is 2. The maximum atomic E-state index is 12.6. The normalized spacial score (nSPS) is 10.4. The van der Waals surface area contributed by atoms with Crippen molar-refractivity contribution in [1.82, 2.24) is 0 Å². The molecule has 0 unspecified atom stereocenters. The number of carbonyl (C=O) groups is 1. The number of ether oxygens (including phenoxy) is 1. The van der Waals surface area contributed by atoms with Gasteiger partial charge >= 0.3 is 0 Å². The Bertz CT molecular complexity index is 630. The van der Waals surface area contributed by atoms with E-state index < -0.39 is 0 Å². The van der Waals surface area contributed by atoms with Gasteiger partial charge in [0.05, 0.1) is 7.11 Å². The minimum absolute atomic E-state index is 0.0564. The van der Waals surface area contributed by atoms with E-state index >= 15 is 0 Å². The zero-order chi connectivity index (χ0) is 14.7. The van der Waals surface area contributed by atoms with Crippen LogP contribution in [0.25, 0.3) is 0 Å². The largest absolute Gasteiger partial charge is 0.496 e. The summed E-state index contributed by atoms with van der Waals surface area (Å²) in [7, 11) is 1.64. The lowest BCUT2D eigenvalue weighted by atomic mass is 9.97. The summed E-state index contributed by atoms with van der Waals surface area (Å²) in [5, 5.41) is 0. The molecular weight excluding hydrogens is 268 g/mol. The number of carbonyl (C=O) groups excluding carboxylic acids is 1. The Morgan fingerprint density at radius 2 is 1.70 bits per heavy atom. The van der Waals surface area contributed by atoms with Crippen molar-refractivity contribution in [3.63, 3.8) is 0 Å². The highest BCUT2D eigenvalue weighted by Gasteiger charge is 2.14. The van der Waals surface area contributed by atoms with Gasteiger partial charge in [-0.25, -0.2) is 0 Å². The van der Waals surface area contributed by atoms with Gasteiger partial charge in [-0.1, -0.05) is 0 Å². The smallest absolute Gasteiger partial charge is 0.193 e. The highest BCUT2D eigenvalue weighted by atomic mass is 32.2. The third-order valence-electron chi connectivity index (χ3n) is 3.34. The highest BCUT2D eigenvalue weighted by Crippen LogP contribution is 2.25. The van der Waals surface area contributed by atoms with E-state index in [0.717, 1.165) is 32.9 Å². The second-order valence-corrected chi connectivity index (χ2v) is 5.57. The number of thioether (sulfide) groups is 1. The Labute approximate surface area is 124 Å². The molecule has 0 radical (unpaired) electrons. The van der Waals surface area contributed by atoms with Crippen molar-refractivity contribution < 1.29 is 9.53 Å². The van der Waals surface area contributed by atoms with Gasteiger partial charge in [-0.2, -0.15) is 0 Å². The third-order valence-corrected chi connectivity index (χ3v) is 4.08. The van der Waals surface area contributed by atoms with Crippen LogP contribution >= 0.6 is 11.8 Å². The van der Waals surface area contributed by atoms with Crippen molar-refractivity contribution in [2.75, 3.05) is 13.4 Å². The van der Waals surface area contributed by atoms with Crippen LogP contribution in [0.5, 0.6) is 5.75 Å². The van der Waals surface area contributed by atoms with Crippen LogP contribution in [0.2, 0.25) is 0 Å². The summed E-state index contributed by atoms with van der Waals surface area (Å²) >= 11 is 1.67. The maximum Gasteiger partial charge on any atom is 0.193 e. The molecule has 0 amide bonds. The molecule has 0 heterocycles. The first kappa shape index (κ1) is 14.7. The van der Waals surface area contributed by atoms with Gasteiger partial charge in [0, 0.05) is 16.0 Å². The van der Waals surface area contributed by atoms with Crippen molar-refractivity contribution in [3.8, 4) is 5.75 Å². The van der Waals surface area contributed by atoms with E-state index in [9.17, 15) is 4.79 Å². The van der Waals surface area contributed by atoms with Gasteiger partial charge < -0.3 is 4.74 Å². The molecule has 0 aliphatic carbocycles. The second-order valence-electron chi connectivity index (χ2n) is 4.69. The van der Waals surface area contributed by atoms with E-state index in [0.29, 0.717) is 0 Å². The summed E-state index contributed by atoms with van der Waals surface area (Å²) in [6.45, 7) is 3.89. The molecule has 0 aliphatic rings. The van der Waals surface area contributed by atoms with Crippen LogP contribution < -0.4 is 4.74 Å². The predicted octanol–water partition coefficient (Wildman–Crippen LogP) is 4.26. The average molecular weight is 286 g/mol. The van der Waals surface area contributed by atoms with Gasteiger partial charge in [-0.05, 0) is 67.6 Å². The van der Waals surface area contributed by atoms with Crippen molar-refractivity contribution in [2.24, 2.45) is 0 Å². The van der Waals surface area contributed by atoms with Gasteiger partial charge in [-0.15, -0.1) is 11.8 Å². The van der Waals surface area contributed by atoms with Crippen LogP contribution in [-0.2, 0) is 0 Å². The van der Waals surface area contributed by atoms with Crippen LogP contribution in [0, 0.1) is 13.8 Å². The van der Waals surface area contributed by atoms with Gasteiger partial charge in [0.2, 0.25) is 0 Å². The summed E-state index contributed by atoms with van der Waals surface area (Å²) in [5.41, 5.74) is 3.37. The highest BCUT2D eigenvalue weighted by molar-refractivity contribution is 7.98. The number of aryl methyl sites for hydroxylation is 2. The van der Waals surface area contributed by atoms with E-state index in [1.165, 1.54) is 0 Å². The average Bonchev–Trinajstić information content (AvgIpc) is 2.48. The fraction of sp³-hybridized carbons (Fsp3) is 0.235. The van der Waals surface area contributed by atoms with E-state index in [4.69, 9.17) is 4.74 Å². The number of rotatable bonds is 4. The molecule has 20 heavy (non-hydrogen) atoms. The van der Waals surface area contributed by atoms with E-state index in [2.05, 4.69) is 0 Å². The van der Waals surface area contributed by atoms with Crippen LogP contribution in [-0.4, -0.2) is 19.1 Å². The first-order chi connectivity index (χ1) is 9.56. The SMILES string of the molecule is COc1cc(C)c(C(=O)c2ccc(SC)cc2)cc1C. The summed E-state index contributed by atoms with van der Waals surface area (Å²) < 4.78 is 5.28. The molecule has 0 aromatic heterocycles. The van der Waals surface area contributed by atoms with Crippen molar-refractivity contribution in [3.05, 3.63) is 58.7 Å². The molecule has 104 valence electrons. The van der Waals surface area contributed by atoms with E-state index in [1.54, 1.807) is 18.9 Å². The predicted molar refractivity (Wildman–Crippen MR) is 84.1 cm³/mol.